The number of aryl methyl sites for hydroxylation is 1. The van der Waals surface area contributed by atoms with Gasteiger partial charge in [0, 0.05) is 10.0 Å². The lowest BCUT2D eigenvalue weighted by Crippen LogP contribution is -1.99. The number of hydrogen-bond acceptors (Lipinski definition) is 2. The van der Waals surface area contributed by atoms with E-state index >= 15 is 0 Å². The van der Waals surface area contributed by atoms with Crippen LogP contribution in [0.15, 0.2) is 22.7 Å². The molecule has 0 aromatic heterocycles. The standard InChI is InChI=1S/C11H13BrO2/c1-2-8-5-9(7-10(12)6-8)11-13-3-4-14-11/h5-7,11H,2-4H2,1H3. The molecule has 0 amide bonds. The maximum Gasteiger partial charge on any atom is 0.184 e. The number of rotatable bonds is 2. The van der Waals surface area contributed by atoms with Gasteiger partial charge in [-0.05, 0) is 24.1 Å². The van der Waals surface area contributed by atoms with Crippen LogP contribution >= 0.6 is 15.9 Å². The molecule has 3 heteroatoms. The molecule has 1 aromatic rings. The minimum Gasteiger partial charge on any atom is -0.346 e. The second-order valence-corrected chi connectivity index (χ2v) is 4.24. The van der Waals surface area contributed by atoms with Crippen molar-refractivity contribution >= 4 is 15.9 Å². The van der Waals surface area contributed by atoms with Crippen molar-refractivity contribution in [2.75, 3.05) is 13.2 Å². The Labute approximate surface area is 92.3 Å². The smallest absolute Gasteiger partial charge is 0.184 e. The average Bonchev–Trinajstić information content (AvgIpc) is 2.69. The molecular weight excluding hydrogens is 244 g/mol. The largest absolute Gasteiger partial charge is 0.346 e. The van der Waals surface area contributed by atoms with E-state index in [1.807, 2.05) is 0 Å². The fraction of sp³-hybridized carbons (Fsp3) is 0.455. The molecule has 1 aliphatic heterocycles. The van der Waals surface area contributed by atoms with E-state index in [2.05, 4.69) is 41.1 Å². The Morgan fingerprint density at radius 1 is 1.29 bits per heavy atom. The van der Waals surface area contributed by atoms with E-state index in [1.54, 1.807) is 0 Å². The van der Waals surface area contributed by atoms with Gasteiger partial charge in [0.2, 0.25) is 0 Å². The Balaban J connectivity index is 2.27. The molecule has 0 spiro atoms. The molecule has 1 aliphatic rings. The molecule has 76 valence electrons. The molecule has 1 fully saturated rings. The van der Waals surface area contributed by atoms with Crippen LogP contribution < -0.4 is 0 Å². The van der Waals surface area contributed by atoms with E-state index in [4.69, 9.17) is 9.47 Å². The van der Waals surface area contributed by atoms with Crippen molar-refractivity contribution in [2.45, 2.75) is 19.6 Å². The van der Waals surface area contributed by atoms with Crippen molar-refractivity contribution in [3.63, 3.8) is 0 Å². The summed E-state index contributed by atoms with van der Waals surface area (Å²) in [6.45, 7) is 3.53. The Hall–Kier alpha value is -0.380. The minimum atomic E-state index is -0.169. The van der Waals surface area contributed by atoms with Gasteiger partial charge >= 0.3 is 0 Å². The lowest BCUT2D eigenvalue weighted by molar-refractivity contribution is -0.0441. The lowest BCUT2D eigenvalue weighted by Gasteiger charge is -2.11. The van der Waals surface area contributed by atoms with Crippen LogP contribution in [0, 0.1) is 0 Å². The summed E-state index contributed by atoms with van der Waals surface area (Å²) in [6, 6.07) is 6.31. The van der Waals surface area contributed by atoms with E-state index in [0.29, 0.717) is 13.2 Å². The predicted octanol–water partition coefficient (Wildman–Crippen LogP) is 3.06. The number of benzene rings is 1. The molecule has 0 unspecified atom stereocenters. The SMILES string of the molecule is CCc1cc(Br)cc(C2OCCO2)c1. The number of hydrogen-bond donors (Lipinski definition) is 0. The molecule has 1 saturated heterocycles. The lowest BCUT2D eigenvalue weighted by atomic mass is 10.1. The molecule has 0 atom stereocenters. The number of halogens is 1. The molecule has 0 bridgehead atoms. The summed E-state index contributed by atoms with van der Waals surface area (Å²) in [5.41, 5.74) is 2.40. The Morgan fingerprint density at radius 2 is 2.00 bits per heavy atom. The maximum atomic E-state index is 5.45. The summed E-state index contributed by atoms with van der Waals surface area (Å²) in [6.07, 6.45) is 0.858. The van der Waals surface area contributed by atoms with Crippen molar-refractivity contribution in [1.29, 1.82) is 0 Å². The van der Waals surface area contributed by atoms with E-state index < -0.39 is 0 Å². The Morgan fingerprint density at radius 3 is 2.64 bits per heavy atom. The zero-order valence-corrected chi connectivity index (χ0v) is 9.71. The van der Waals surface area contributed by atoms with Gasteiger partial charge in [-0.25, -0.2) is 0 Å². The van der Waals surface area contributed by atoms with Crippen LogP contribution in [0.25, 0.3) is 0 Å². The highest BCUT2D eigenvalue weighted by atomic mass is 79.9. The van der Waals surface area contributed by atoms with Crippen LogP contribution in [0.3, 0.4) is 0 Å². The zero-order valence-electron chi connectivity index (χ0n) is 8.13. The molecule has 1 heterocycles. The van der Waals surface area contributed by atoms with E-state index in [0.717, 1.165) is 16.5 Å². The molecule has 14 heavy (non-hydrogen) atoms. The van der Waals surface area contributed by atoms with Gasteiger partial charge in [0.05, 0.1) is 13.2 Å². The van der Waals surface area contributed by atoms with Crippen LogP contribution in [0.2, 0.25) is 0 Å². The minimum absolute atomic E-state index is 0.169. The van der Waals surface area contributed by atoms with Gasteiger partial charge < -0.3 is 9.47 Å². The second-order valence-electron chi connectivity index (χ2n) is 3.32. The van der Waals surface area contributed by atoms with Crippen LogP contribution in [-0.4, -0.2) is 13.2 Å². The fourth-order valence-corrected chi connectivity index (χ4v) is 2.12. The predicted molar refractivity (Wildman–Crippen MR) is 58.2 cm³/mol. The molecule has 0 radical (unpaired) electrons. The topological polar surface area (TPSA) is 18.5 Å². The van der Waals surface area contributed by atoms with Gasteiger partial charge in [-0.1, -0.05) is 28.9 Å². The third kappa shape index (κ3) is 2.16. The quantitative estimate of drug-likeness (QED) is 0.810. The van der Waals surface area contributed by atoms with Crippen molar-refractivity contribution in [3.05, 3.63) is 33.8 Å². The van der Waals surface area contributed by atoms with Gasteiger partial charge in [-0.2, -0.15) is 0 Å². The van der Waals surface area contributed by atoms with Gasteiger partial charge in [-0.15, -0.1) is 0 Å². The van der Waals surface area contributed by atoms with Crippen molar-refractivity contribution in [3.8, 4) is 0 Å². The third-order valence-electron chi connectivity index (χ3n) is 2.28. The van der Waals surface area contributed by atoms with Gasteiger partial charge in [0.25, 0.3) is 0 Å². The normalized spacial score (nSPS) is 17.6. The summed E-state index contributed by atoms with van der Waals surface area (Å²) in [7, 11) is 0. The molecule has 0 N–H and O–H groups in total. The fourth-order valence-electron chi connectivity index (χ4n) is 1.57. The Kier molecular flexibility index (Phi) is 3.21. The molecular formula is C11H13BrO2. The van der Waals surface area contributed by atoms with Crippen LogP contribution in [0.4, 0.5) is 0 Å². The number of ether oxygens (including phenoxy) is 2. The highest BCUT2D eigenvalue weighted by molar-refractivity contribution is 9.10. The summed E-state index contributed by atoms with van der Waals surface area (Å²) < 4.78 is 12.0. The summed E-state index contributed by atoms with van der Waals surface area (Å²) in [5, 5.41) is 0. The van der Waals surface area contributed by atoms with Crippen molar-refractivity contribution in [2.24, 2.45) is 0 Å². The molecule has 1 aromatic carbocycles. The molecule has 2 nitrogen and oxygen atoms in total. The van der Waals surface area contributed by atoms with Gasteiger partial charge in [0.1, 0.15) is 0 Å². The van der Waals surface area contributed by atoms with Crippen molar-refractivity contribution < 1.29 is 9.47 Å². The first kappa shape index (κ1) is 10.1. The zero-order chi connectivity index (χ0) is 9.97. The molecule has 2 rings (SSSR count). The van der Waals surface area contributed by atoms with Crippen molar-refractivity contribution in [1.82, 2.24) is 0 Å². The monoisotopic (exact) mass is 256 g/mol. The first-order valence-electron chi connectivity index (χ1n) is 4.82. The molecule has 0 saturated carbocycles. The first-order valence-corrected chi connectivity index (χ1v) is 5.61. The summed E-state index contributed by atoms with van der Waals surface area (Å²) in [5.74, 6) is 0. The maximum absolute atomic E-state index is 5.45. The Bertz CT molecular complexity index is 319. The molecule has 0 aliphatic carbocycles. The van der Waals surface area contributed by atoms with E-state index in [9.17, 15) is 0 Å². The van der Waals surface area contributed by atoms with Crippen LogP contribution in [-0.2, 0) is 15.9 Å². The second kappa shape index (κ2) is 4.43. The first-order chi connectivity index (χ1) is 6.79. The third-order valence-corrected chi connectivity index (χ3v) is 2.74. The highest BCUT2D eigenvalue weighted by Gasteiger charge is 2.18. The van der Waals surface area contributed by atoms with Gasteiger partial charge in [0.15, 0.2) is 6.29 Å². The van der Waals surface area contributed by atoms with E-state index in [-0.39, 0.29) is 6.29 Å². The summed E-state index contributed by atoms with van der Waals surface area (Å²) in [4.78, 5) is 0. The highest BCUT2D eigenvalue weighted by Crippen LogP contribution is 2.27. The van der Waals surface area contributed by atoms with E-state index in [1.165, 1.54) is 5.56 Å². The summed E-state index contributed by atoms with van der Waals surface area (Å²) >= 11 is 3.49. The average molecular weight is 257 g/mol. The van der Waals surface area contributed by atoms with Crippen LogP contribution in [0.5, 0.6) is 0 Å². The van der Waals surface area contributed by atoms with Crippen LogP contribution in [0.1, 0.15) is 24.3 Å². The van der Waals surface area contributed by atoms with Gasteiger partial charge in [-0.3, -0.25) is 0 Å².